The molecule has 8 heteroatoms. The van der Waals surface area contributed by atoms with Crippen LogP contribution < -0.4 is 15.5 Å². The Hall–Kier alpha value is -1.80. The van der Waals surface area contributed by atoms with Crippen LogP contribution in [0.4, 0.5) is 9.52 Å². The summed E-state index contributed by atoms with van der Waals surface area (Å²) in [5.41, 5.74) is 0.964. The van der Waals surface area contributed by atoms with Gasteiger partial charge in [0.15, 0.2) is 11.1 Å². The number of anilines is 1. The number of rotatable bonds is 8. The SMILES string of the molecule is CCNC(=NCc1csc(N(C)C)n1)NCCSc1ccc(F)cc1. The van der Waals surface area contributed by atoms with Crippen LogP contribution in [0, 0.1) is 5.82 Å². The summed E-state index contributed by atoms with van der Waals surface area (Å²) in [6, 6.07) is 6.56. The molecule has 0 unspecified atom stereocenters. The lowest BCUT2D eigenvalue weighted by atomic mass is 10.4. The summed E-state index contributed by atoms with van der Waals surface area (Å²) < 4.78 is 12.9. The molecule has 25 heavy (non-hydrogen) atoms. The molecule has 5 nitrogen and oxygen atoms in total. The molecule has 1 heterocycles. The lowest BCUT2D eigenvalue weighted by molar-refractivity contribution is 0.626. The van der Waals surface area contributed by atoms with Crippen LogP contribution in [0.2, 0.25) is 0 Å². The molecule has 2 aromatic rings. The molecule has 0 fully saturated rings. The number of hydrogen-bond donors (Lipinski definition) is 2. The van der Waals surface area contributed by atoms with E-state index in [0.717, 1.165) is 40.5 Å². The van der Waals surface area contributed by atoms with Crippen LogP contribution in [0.25, 0.3) is 0 Å². The molecule has 0 spiro atoms. The zero-order valence-corrected chi connectivity index (χ0v) is 16.4. The minimum atomic E-state index is -0.205. The Kier molecular flexibility index (Phi) is 8.00. The first-order valence-electron chi connectivity index (χ1n) is 8.10. The third-order valence-corrected chi connectivity index (χ3v) is 5.21. The van der Waals surface area contributed by atoms with E-state index in [1.807, 2.05) is 31.3 Å². The normalized spacial score (nSPS) is 11.4. The van der Waals surface area contributed by atoms with Crippen molar-refractivity contribution in [1.29, 1.82) is 0 Å². The highest BCUT2D eigenvalue weighted by Gasteiger charge is 2.04. The van der Waals surface area contributed by atoms with E-state index >= 15 is 0 Å². The van der Waals surface area contributed by atoms with E-state index in [1.165, 1.54) is 12.1 Å². The molecule has 0 radical (unpaired) electrons. The number of aromatic nitrogens is 1. The van der Waals surface area contributed by atoms with Crippen molar-refractivity contribution in [2.45, 2.75) is 18.4 Å². The zero-order valence-electron chi connectivity index (χ0n) is 14.8. The summed E-state index contributed by atoms with van der Waals surface area (Å²) in [6.07, 6.45) is 0. The molecule has 136 valence electrons. The Bertz CT molecular complexity index is 670. The van der Waals surface area contributed by atoms with Crippen LogP contribution in [-0.4, -0.2) is 43.9 Å². The third kappa shape index (κ3) is 6.91. The Morgan fingerprint density at radius 3 is 2.68 bits per heavy atom. The second kappa shape index (κ2) is 10.2. The Balaban J connectivity index is 1.79. The zero-order chi connectivity index (χ0) is 18.1. The van der Waals surface area contributed by atoms with Crippen LogP contribution in [0.5, 0.6) is 0 Å². The largest absolute Gasteiger partial charge is 0.357 e. The highest BCUT2D eigenvalue weighted by Crippen LogP contribution is 2.18. The number of thiazole rings is 1. The fraction of sp³-hybridized carbons (Fsp3) is 0.412. The van der Waals surface area contributed by atoms with Crippen molar-refractivity contribution in [1.82, 2.24) is 15.6 Å². The van der Waals surface area contributed by atoms with E-state index in [2.05, 4.69) is 20.6 Å². The Morgan fingerprint density at radius 1 is 1.28 bits per heavy atom. The summed E-state index contributed by atoms with van der Waals surface area (Å²) in [7, 11) is 3.96. The second-order valence-electron chi connectivity index (χ2n) is 5.44. The number of benzene rings is 1. The predicted octanol–water partition coefficient (Wildman–Crippen LogP) is 3.20. The molecular weight excluding hydrogens is 357 g/mol. The molecule has 0 saturated carbocycles. The van der Waals surface area contributed by atoms with Crippen molar-refractivity contribution in [3.05, 3.63) is 41.2 Å². The molecule has 0 saturated heterocycles. The first-order valence-corrected chi connectivity index (χ1v) is 9.97. The van der Waals surface area contributed by atoms with Crippen molar-refractivity contribution in [3.8, 4) is 0 Å². The fourth-order valence-corrected chi connectivity index (χ4v) is 3.46. The Morgan fingerprint density at radius 2 is 2.04 bits per heavy atom. The maximum atomic E-state index is 12.9. The smallest absolute Gasteiger partial charge is 0.191 e. The minimum Gasteiger partial charge on any atom is -0.357 e. The van der Waals surface area contributed by atoms with Gasteiger partial charge in [-0.25, -0.2) is 14.4 Å². The van der Waals surface area contributed by atoms with Crippen molar-refractivity contribution in [2.24, 2.45) is 4.99 Å². The summed E-state index contributed by atoms with van der Waals surface area (Å²) in [5, 5.41) is 9.56. The van der Waals surface area contributed by atoms with Crippen LogP contribution in [-0.2, 0) is 6.54 Å². The molecule has 2 N–H and O–H groups in total. The van der Waals surface area contributed by atoms with Crippen LogP contribution in [0.15, 0.2) is 39.5 Å². The molecule has 0 aliphatic rings. The first-order chi connectivity index (χ1) is 12.1. The van der Waals surface area contributed by atoms with Gasteiger partial charge in [0, 0.05) is 43.2 Å². The second-order valence-corrected chi connectivity index (χ2v) is 7.45. The van der Waals surface area contributed by atoms with Gasteiger partial charge in [-0.3, -0.25) is 0 Å². The van der Waals surface area contributed by atoms with Gasteiger partial charge in [0.2, 0.25) is 0 Å². The van der Waals surface area contributed by atoms with Gasteiger partial charge in [0.05, 0.1) is 12.2 Å². The van der Waals surface area contributed by atoms with Crippen molar-refractivity contribution in [2.75, 3.05) is 37.8 Å². The summed E-state index contributed by atoms with van der Waals surface area (Å²) in [4.78, 5) is 12.2. The molecule has 1 aromatic heterocycles. The molecule has 2 rings (SSSR count). The standard InChI is InChI=1S/C17H24FN5S2/c1-4-19-16(21-11-14-12-25-17(22-14)23(2)3)20-9-10-24-15-7-5-13(18)6-8-15/h5-8,12H,4,9-11H2,1-3H3,(H2,19,20,21). The lowest BCUT2D eigenvalue weighted by Gasteiger charge is -2.11. The topological polar surface area (TPSA) is 52.6 Å². The summed E-state index contributed by atoms with van der Waals surface area (Å²) in [6.45, 7) is 4.16. The van der Waals surface area contributed by atoms with Gasteiger partial charge in [-0.05, 0) is 31.2 Å². The average Bonchev–Trinajstić information content (AvgIpc) is 3.07. The van der Waals surface area contributed by atoms with Gasteiger partial charge in [0.25, 0.3) is 0 Å². The minimum absolute atomic E-state index is 0.205. The third-order valence-electron chi connectivity index (χ3n) is 3.14. The first kappa shape index (κ1) is 19.5. The number of nitrogens with one attached hydrogen (secondary N) is 2. The molecule has 0 aliphatic carbocycles. The number of aliphatic imine (C=N–C) groups is 1. The van der Waals surface area contributed by atoms with Gasteiger partial charge in [-0.15, -0.1) is 23.1 Å². The molecule has 0 bridgehead atoms. The van der Waals surface area contributed by atoms with Crippen molar-refractivity contribution in [3.63, 3.8) is 0 Å². The molecule has 0 atom stereocenters. The number of guanidine groups is 1. The van der Waals surface area contributed by atoms with Crippen LogP contribution >= 0.6 is 23.1 Å². The van der Waals surface area contributed by atoms with Crippen molar-refractivity contribution >= 4 is 34.2 Å². The van der Waals surface area contributed by atoms with E-state index in [1.54, 1.807) is 35.2 Å². The van der Waals surface area contributed by atoms with Gasteiger partial charge >= 0.3 is 0 Å². The van der Waals surface area contributed by atoms with Crippen LogP contribution in [0.3, 0.4) is 0 Å². The Labute approximate surface area is 156 Å². The molecule has 0 amide bonds. The van der Waals surface area contributed by atoms with Crippen LogP contribution in [0.1, 0.15) is 12.6 Å². The number of halogens is 1. The van der Waals surface area contributed by atoms with Crippen molar-refractivity contribution < 1.29 is 4.39 Å². The fourth-order valence-electron chi connectivity index (χ4n) is 1.95. The summed E-state index contributed by atoms with van der Waals surface area (Å²) in [5.74, 6) is 1.45. The van der Waals surface area contributed by atoms with Gasteiger partial charge in [-0.2, -0.15) is 0 Å². The maximum absolute atomic E-state index is 12.9. The van der Waals surface area contributed by atoms with Gasteiger partial charge in [0.1, 0.15) is 5.82 Å². The lowest BCUT2D eigenvalue weighted by Crippen LogP contribution is -2.38. The van der Waals surface area contributed by atoms with E-state index in [0.29, 0.717) is 6.54 Å². The van der Waals surface area contributed by atoms with E-state index < -0.39 is 0 Å². The summed E-state index contributed by atoms with van der Waals surface area (Å²) >= 11 is 3.30. The van der Waals surface area contributed by atoms with E-state index in [4.69, 9.17) is 0 Å². The highest BCUT2D eigenvalue weighted by molar-refractivity contribution is 7.99. The van der Waals surface area contributed by atoms with E-state index in [9.17, 15) is 4.39 Å². The average molecular weight is 382 g/mol. The number of thioether (sulfide) groups is 1. The van der Waals surface area contributed by atoms with Gasteiger partial charge < -0.3 is 15.5 Å². The highest BCUT2D eigenvalue weighted by atomic mass is 32.2. The molecule has 0 aliphatic heterocycles. The molecule has 1 aromatic carbocycles. The maximum Gasteiger partial charge on any atom is 0.191 e. The monoisotopic (exact) mass is 381 g/mol. The molecular formula is C17H24FN5S2. The van der Waals surface area contributed by atoms with E-state index in [-0.39, 0.29) is 5.82 Å². The predicted molar refractivity (Wildman–Crippen MR) is 106 cm³/mol. The number of hydrogen-bond acceptors (Lipinski definition) is 5. The number of nitrogens with zero attached hydrogens (tertiary/aromatic N) is 3. The van der Waals surface area contributed by atoms with Gasteiger partial charge in [-0.1, -0.05) is 0 Å². The quantitative estimate of drug-likeness (QED) is 0.318.